The van der Waals surface area contributed by atoms with Crippen molar-refractivity contribution in [1.29, 1.82) is 0 Å². The summed E-state index contributed by atoms with van der Waals surface area (Å²) in [5.74, 6) is 1.61. The van der Waals surface area contributed by atoms with Crippen LogP contribution in [0.15, 0.2) is 29.1 Å². The van der Waals surface area contributed by atoms with Gasteiger partial charge < -0.3 is 4.74 Å². The zero-order chi connectivity index (χ0) is 18.8. The van der Waals surface area contributed by atoms with Gasteiger partial charge in [-0.25, -0.2) is 4.68 Å². The lowest BCUT2D eigenvalue weighted by Crippen LogP contribution is -2.25. The molecule has 27 heavy (non-hydrogen) atoms. The molecule has 1 atom stereocenters. The minimum absolute atomic E-state index is 0.0203. The zero-order valence-electron chi connectivity index (χ0n) is 15.9. The Morgan fingerprint density at radius 1 is 1.30 bits per heavy atom. The second-order valence-corrected chi connectivity index (χ2v) is 8.55. The minimum Gasteiger partial charge on any atom is -0.493 e. The molecule has 3 aromatic rings. The summed E-state index contributed by atoms with van der Waals surface area (Å²) in [7, 11) is 0. The number of benzene rings is 1. The lowest BCUT2D eigenvalue weighted by Gasteiger charge is -2.17. The first-order valence-corrected chi connectivity index (χ1v) is 10.5. The van der Waals surface area contributed by atoms with Gasteiger partial charge in [-0.2, -0.15) is 0 Å². The van der Waals surface area contributed by atoms with E-state index in [1.807, 2.05) is 31.2 Å². The highest BCUT2D eigenvalue weighted by Crippen LogP contribution is 2.35. The van der Waals surface area contributed by atoms with Crippen molar-refractivity contribution in [3.8, 4) is 5.75 Å². The fraction of sp³-hybridized carbons (Fsp3) is 0.476. The average Bonchev–Trinajstić information content (AvgIpc) is 3.02. The molecule has 2 aromatic heterocycles. The second kappa shape index (κ2) is 7.80. The number of aromatic nitrogens is 3. The number of para-hydroxylation sites is 1. The molecule has 0 N–H and O–H groups in total. The van der Waals surface area contributed by atoms with Crippen molar-refractivity contribution < 1.29 is 4.74 Å². The molecule has 0 amide bonds. The third-order valence-electron chi connectivity index (χ3n) is 5.30. The summed E-state index contributed by atoms with van der Waals surface area (Å²) < 4.78 is 7.35. The van der Waals surface area contributed by atoms with E-state index >= 15 is 0 Å². The Balaban J connectivity index is 1.40. The number of ether oxygens (including phenoxy) is 1. The van der Waals surface area contributed by atoms with Crippen LogP contribution in [0.1, 0.15) is 42.2 Å². The third-order valence-corrected chi connectivity index (χ3v) is 6.44. The first-order valence-electron chi connectivity index (χ1n) is 9.70. The predicted molar refractivity (Wildman–Crippen MR) is 109 cm³/mol. The summed E-state index contributed by atoms with van der Waals surface area (Å²) in [4.78, 5) is 15.0. The SMILES string of the molecule is Cc1ccccc1OCCCCn1nnc2sc3c(c2c1=O)CC[C@@H](C)C3. The van der Waals surface area contributed by atoms with Gasteiger partial charge in [0, 0.05) is 11.4 Å². The van der Waals surface area contributed by atoms with Crippen molar-refractivity contribution >= 4 is 21.6 Å². The van der Waals surface area contributed by atoms with Crippen LogP contribution in [-0.2, 0) is 19.4 Å². The number of hydrogen-bond donors (Lipinski definition) is 0. The molecule has 1 aliphatic carbocycles. The lowest BCUT2D eigenvalue weighted by molar-refractivity contribution is 0.299. The molecule has 4 rings (SSSR count). The molecule has 0 fully saturated rings. The van der Waals surface area contributed by atoms with E-state index in [1.54, 1.807) is 11.3 Å². The van der Waals surface area contributed by atoms with E-state index in [1.165, 1.54) is 15.1 Å². The number of hydrogen-bond acceptors (Lipinski definition) is 5. The van der Waals surface area contributed by atoms with Crippen LogP contribution in [0.2, 0.25) is 0 Å². The highest BCUT2D eigenvalue weighted by molar-refractivity contribution is 7.18. The number of nitrogens with zero attached hydrogens (tertiary/aromatic N) is 3. The van der Waals surface area contributed by atoms with Crippen LogP contribution in [0.3, 0.4) is 0 Å². The van der Waals surface area contributed by atoms with E-state index in [9.17, 15) is 4.79 Å². The average molecular weight is 384 g/mol. The summed E-state index contributed by atoms with van der Waals surface area (Å²) in [6.07, 6.45) is 4.92. The van der Waals surface area contributed by atoms with Gasteiger partial charge in [-0.3, -0.25) is 4.79 Å². The molecule has 0 unspecified atom stereocenters. The van der Waals surface area contributed by atoms with Crippen molar-refractivity contribution in [3.05, 3.63) is 50.6 Å². The Kier molecular flexibility index (Phi) is 5.25. The predicted octanol–water partition coefficient (Wildman–Crippen LogP) is 4.15. The van der Waals surface area contributed by atoms with Gasteiger partial charge in [0.1, 0.15) is 5.75 Å². The summed E-state index contributed by atoms with van der Waals surface area (Å²) in [5.41, 5.74) is 2.39. The standard InChI is InChI=1S/C21H25N3O2S/c1-14-9-10-16-18(13-14)27-20-19(16)21(25)24(23-22-20)11-5-6-12-26-17-8-4-3-7-15(17)2/h3-4,7-8,14H,5-6,9-13H2,1-2H3/t14-/m1/s1. The monoisotopic (exact) mass is 383 g/mol. The van der Waals surface area contributed by atoms with Crippen LogP contribution >= 0.6 is 11.3 Å². The van der Waals surface area contributed by atoms with Crippen LogP contribution in [0.4, 0.5) is 0 Å². The van der Waals surface area contributed by atoms with Crippen LogP contribution in [0, 0.1) is 12.8 Å². The highest BCUT2D eigenvalue weighted by atomic mass is 32.1. The molecule has 0 aliphatic heterocycles. The molecule has 1 aromatic carbocycles. The molecule has 0 bridgehead atoms. The van der Waals surface area contributed by atoms with E-state index in [4.69, 9.17) is 4.74 Å². The van der Waals surface area contributed by atoms with E-state index < -0.39 is 0 Å². The van der Waals surface area contributed by atoms with Gasteiger partial charge in [0.05, 0.1) is 12.0 Å². The number of fused-ring (bicyclic) bond motifs is 3. The Hall–Kier alpha value is -2.21. The summed E-state index contributed by atoms with van der Waals surface area (Å²) in [5, 5.41) is 9.31. The Labute approximate surface area is 163 Å². The number of unbranched alkanes of at least 4 members (excludes halogenated alkanes) is 1. The lowest BCUT2D eigenvalue weighted by atomic mass is 9.89. The van der Waals surface area contributed by atoms with E-state index in [0.29, 0.717) is 19.1 Å². The van der Waals surface area contributed by atoms with E-state index in [-0.39, 0.29) is 5.56 Å². The smallest absolute Gasteiger partial charge is 0.278 e. The molecule has 6 heteroatoms. The minimum atomic E-state index is 0.0203. The first-order chi connectivity index (χ1) is 13.1. The molecular formula is C21H25N3O2S. The topological polar surface area (TPSA) is 57.0 Å². The van der Waals surface area contributed by atoms with Gasteiger partial charge in [-0.15, -0.1) is 16.4 Å². The van der Waals surface area contributed by atoms with Gasteiger partial charge in [-0.05, 0) is 62.1 Å². The van der Waals surface area contributed by atoms with Crippen LogP contribution in [0.25, 0.3) is 10.2 Å². The largest absolute Gasteiger partial charge is 0.493 e. The summed E-state index contributed by atoms with van der Waals surface area (Å²) in [6.45, 7) is 5.54. The third kappa shape index (κ3) is 3.76. The van der Waals surface area contributed by atoms with Crippen LogP contribution < -0.4 is 10.3 Å². The molecule has 142 valence electrons. The fourth-order valence-corrected chi connectivity index (χ4v) is 5.02. The molecule has 1 aliphatic rings. The maximum absolute atomic E-state index is 12.9. The molecular weight excluding hydrogens is 358 g/mol. The summed E-state index contributed by atoms with van der Waals surface area (Å²) in [6, 6.07) is 8.02. The van der Waals surface area contributed by atoms with Gasteiger partial charge in [0.2, 0.25) is 0 Å². The van der Waals surface area contributed by atoms with Gasteiger partial charge in [0.15, 0.2) is 4.83 Å². The zero-order valence-corrected chi connectivity index (χ0v) is 16.7. The highest BCUT2D eigenvalue weighted by Gasteiger charge is 2.23. The number of thiophene rings is 1. The van der Waals surface area contributed by atoms with Gasteiger partial charge in [0.25, 0.3) is 5.56 Å². The maximum atomic E-state index is 12.9. The van der Waals surface area contributed by atoms with Crippen molar-refractivity contribution in [1.82, 2.24) is 15.0 Å². The molecule has 2 heterocycles. The quantitative estimate of drug-likeness (QED) is 0.600. The normalized spacial score (nSPS) is 16.4. The Morgan fingerprint density at radius 3 is 3.00 bits per heavy atom. The van der Waals surface area contributed by atoms with Gasteiger partial charge >= 0.3 is 0 Å². The molecule has 0 radical (unpaired) electrons. The molecule has 5 nitrogen and oxygen atoms in total. The molecule has 0 saturated heterocycles. The first kappa shape index (κ1) is 18.2. The number of aryl methyl sites for hydroxylation is 3. The fourth-order valence-electron chi connectivity index (χ4n) is 3.70. The molecule has 0 spiro atoms. The summed E-state index contributed by atoms with van der Waals surface area (Å²) >= 11 is 1.65. The Morgan fingerprint density at radius 2 is 2.15 bits per heavy atom. The Bertz CT molecular complexity index is 1010. The van der Waals surface area contributed by atoms with Crippen molar-refractivity contribution in [2.45, 2.75) is 52.5 Å². The molecule has 0 saturated carbocycles. The van der Waals surface area contributed by atoms with Crippen molar-refractivity contribution in [2.75, 3.05) is 6.61 Å². The maximum Gasteiger partial charge on any atom is 0.278 e. The van der Waals surface area contributed by atoms with Crippen LogP contribution in [0.5, 0.6) is 5.75 Å². The van der Waals surface area contributed by atoms with Crippen LogP contribution in [-0.4, -0.2) is 21.6 Å². The second-order valence-electron chi connectivity index (χ2n) is 7.47. The van der Waals surface area contributed by atoms with E-state index in [0.717, 1.165) is 53.6 Å². The van der Waals surface area contributed by atoms with E-state index in [2.05, 4.69) is 17.2 Å². The van der Waals surface area contributed by atoms with Crippen molar-refractivity contribution in [2.24, 2.45) is 5.92 Å². The number of rotatable bonds is 6. The van der Waals surface area contributed by atoms with Crippen molar-refractivity contribution in [3.63, 3.8) is 0 Å². The van der Waals surface area contributed by atoms with Gasteiger partial charge in [-0.1, -0.05) is 30.3 Å².